The summed E-state index contributed by atoms with van der Waals surface area (Å²) in [5.74, 6) is 0. The van der Waals surface area contributed by atoms with Crippen LogP contribution in [-0.2, 0) is 6.18 Å². The number of hydrogen-bond donors (Lipinski definition) is 2. The molecule has 0 atom stereocenters. The van der Waals surface area contributed by atoms with Crippen molar-refractivity contribution in [2.45, 2.75) is 19.0 Å². The molecular formula is C13H20F3N3. The highest BCUT2D eigenvalue weighted by Gasteiger charge is 2.33. The fourth-order valence-corrected chi connectivity index (χ4v) is 1.73. The third-order valence-electron chi connectivity index (χ3n) is 2.70. The fraction of sp³-hybridized carbons (Fsp3) is 0.538. The van der Waals surface area contributed by atoms with Crippen LogP contribution in [0.15, 0.2) is 18.2 Å². The minimum Gasteiger partial charge on any atom is -0.399 e. The van der Waals surface area contributed by atoms with E-state index in [-0.39, 0.29) is 11.4 Å². The van der Waals surface area contributed by atoms with Gasteiger partial charge in [0.1, 0.15) is 0 Å². The van der Waals surface area contributed by atoms with Crippen LogP contribution in [-0.4, -0.2) is 32.1 Å². The van der Waals surface area contributed by atoms with Crippen LogP contribution in [0, 0.1) is 0 Å². The van der Waals surface area contributed by atoms with Crippen molar-refractivity contribution in [1.29, 1.82) is 0 Å². The molecule has 0 fully saturated rings. The van der Waals surface area contributed by atoms with E-state index in [1.54, 1.807) is 0 Å². The van der Waals surface area contributed by atoms with Crippen molar-refractivity contribution in [2.24, 2.45) is 0 Å². The molecule has 3 nitrogen and oxygen atoms in total. The van der Waals surface area contributed by atoms with Gasteiger partial charge in [0.2, 0.25) is 0 Å². The van der Waals surface area contributed by atoms with Crippen LogP contribution in [0.4, 0.5) is 24.5 Å². The fourth-order valence-electron chi connectivity index (χ4n) is 1.73. The van der Waals surface area contributed by atoms with Gasteiger partial charge >= 0.3 is 6.18 Å². The van der Waals surface area contributed by atoms with E-state index in [1.165, 1.54) is 12.1 Å². The first kappa shape index (κ1) is 15.6. The molecule has 0 aliphatic heterocycles. The van der Waals surface area contributed by atoms with Crippen LogP contribution < -0.4 is 11.1 Å². The van der Waals surface area contributed by atoms with Gasteiger partial charge in [-0.15, -0.1) is 0 Å². The first-order valence-corrected chi connectivity index (χ1v) is 6.16. The lowest BCUT2D eigenvalue weighted by Crippen LogP contribution is -2.15. The Labute approximate surface area is 111 Å². The van der Waals surface area contributed by atoms with Gasteiger partial charge in [-0.1, -0.05) is 0 Å². The van der Waals surface area contributed by atoms with Crippen LogP contribution in [0.1, 0.15) is 18.4 Å². The quantitative estimate of drug-likeness (QED) is 0.619. The van der Waals surface area contributed by atoms with Crippen molar-refractivity contribution in [3.8, 4) is 0 Å². The Hall–Kier alpha value is -1.43. The number of nitrogens with one attached hydrogen (secondary N) is 1. The second kappa shape index (κ2) is 6.65. The zero-order valence-corrected chi connectivity index (χ0v) is 11.2. The van der Waals surface area contributed by atoms with E-state index in [2.05, 4.69) is 5.32 Å². The number of unbranched alkanes of at least 4 members (excludes halogenated alkanes) is 1. The number of nitrogens with zero attached hydrogens (tertiary/aromatic N) is 1. The molecule has 0 aliphatic carbocycles. The number of nitrogen functional groups attached to an aromatic ring is 1. The topological polar surface area (TPSA) is 41.3 Å². The second-order valence-electron chi connectivity index (χ2n) is 4.74. The monoisotopic (exact) mass is 275 g/mol. The molecule has 0 unspecified atom stereocenters. The van der Waals surface area contributed by atoms with Crippen molar-refractivity contribution in [3.63, 3.8) is 0 Å². The number of hydrogen-bond acceptors (Lipinski definition) is 3. The van der Waals surface area contributed by atoms with E-state index < -0.39 is 11.7 Å². The largest absolute Gasteiger partial charge is 0.418 e. The Bertz CT molecular complexity index is 403. The summed E-state index contributed by atoms with van der Waals surface area (Å²) >= 11 is 0. The Balaban J connectivity index is 2.58. The molecule has 6 heteroatoms. The number of nitrogens with two attached hydrogens (primary N) is 1. The van der Waals surface area contributed by atoms with E-state index in [1.807, 2.05) is 19.0 Å². The normalized spacial score (nSPS) is 11.9. The minimum absolute atomic E-state index is 0.0894. The lowest BCUT2D eigenvalue weighted by molar-refractivity contribution is -0.136. The Morgan fingerprint density at radius 1 is 1.21 bits per heavy atom. The summed E-state index contributed by atoms with van der Waals surface area (Å²) in [6.07, 6.45) is -2.63. The van der Waals surface area contributed by atoms with Crippen molar-refractivity contribution in [3.05, 3.63) is 23.8 Å². The van der Waals surface area contributed by atoms with Gasteiger partial charge in [0, 0.05) is 17.9 Å². The summed E-state index contributed by atoms with van der Waals surface area (Å²) in [7, 11) is 3.93. The maximum Gasteiger partial charge on any atom is 0.418 e. The molecule has 0 spiro atoms. The standard InChI is InChI=1S/C13H20F3N3/c1-19(2)8-4-3-7-18-12-6-5-10(17)9-11(12)13(14,15)16/h5-6,9,18H,3-4,7-8,17H2,1-2H3. The molecule has 0 radical (unpaired) electrons. The molecular weight excluding hydrogens is 255 g/mol. The molecule has 0 heterocycles. The first-order valence-electron chi connectivity index (χ1n) is 6.16. The molecule has 1 rings (SSSR count). The van der Waals surface area contributed by atoms with E-state index >= 15 is 0 Å². The molecule has 0 bridgehead atoms. The summed E-state index contributed by atoms with van der Waals surface area (Å²) in [6, 6.07) is 3.81. The highest BCUT2D eigenvalue weighted by Crippen LogP contribution is 2.35. The van der Waals surface area contributed by atoms with Gasteiger partial charge in [0.25, 0.3) is 0 Å². The Kier molecular flexibility index (Phi) is 5.47. The Morgan fingerprint density at radius 3 is 2.47 bits per heavy atom. The summed E-state index contributed by atoms with van der Waals surface area (Å²) in [6.45, 7) is 1.44. The molecule has 1 aromatic rings. The molecule has 0 saturated heterocycles. The molecule has 1 aromatic carbocycles. The van der Waals surface area contributed by atoms with Crippen molar-refractivity contribution in [1.82, 2.24) is 4.90 Å². The predicted octanol–water partition coefficient (Wildman–Crippen LogP) is 3.04. The summed E-state index contributed by atoms with van der Waals surface area (Å²) in [4.78, 5) is 2.05. The number of halogens is 3. The number of rotatable bonds is 6. The van der Waals surface area contributed by atoms with E-state index in [0.717, 1.165) is 25.5 Å². The van der Waals surface area contributed by atoms with Crippen molar-refractivity contribution < 1.29 is 13.2 Å². The van der Waals surface area contributed by atoms with Crippen LogP contribution in [0.2, 0.25) is 0 Å². The maximum atomic E-state index is 12.8. The average molecular weight is 275 g/mol. The summed E-state index contributed by atoms with van der Waals surface area (Å²) < 4.78 is 38.4. The van der Waals surface area contributed by atoms with Crippen molar-refractivity contribution in [2.75, 3.05) is 38.2 Å². The number of benzene rings is 1. The third kappa shape index (κ3) is 5.38. The van der Waals surface area contributed by atoms with Crippen molar-refractivity contribution >= 4 is 11.4 Å². The highest BCUT2D eigenvalue weighted by atomic mass is 19.4. The van der Waals surface area contributed by atoms with E-state index in [9.17, 15) is 13.2 Å². The van der Waals surface area contributed by atoms with Crippen LogP contribution in [0.25, 0.3) is 0 Å². The molecule has 0 aliphatic rings. The van der Waals surface area contributed by atoms with Crippen LogP contribution >= 0.6 is 0 Å². The Morgan fingerprint density at radius 2 is 1.89 bits per heavy atom. The van der Waals surface area contributed by atoms with Gasteiger partial charge in [0.05, 0.1) is 5.56 Å². The van der Waals surface area contributed by atoms with Gasteiger partial charge in [-0.05, 0) is 51.7 Å². The third-order valence-corrected chi connectivity index (χ3v) is 2.70. The first-order chi connectivity index (χ1) is 8.80. The summed E-state index contributed by atoms with van der Waals surface area (Å²) in [5.41, 5.74) is 4.90. The van der Waals surface area contributed by atoms with Gasteiger partial charge in [-0.25, -0.2) is 0 Å². The smallest absolute Gasteiger partial charge is 0.399 e. The molecule has 0 aromatic heterocycles. The number of anilines is 2. The summed E-state index contributed by atoms with van der Waals surface area (Å²) in [5, 5.41) is 2.83. The SMILES string of the molecule is CN(C)CCCCNc1ccc(N)cc1C(F)(F)F. The predicted molar refractivity (Wildman–Crippen MR) is 72.1 cm³/mol. The van der Waals surface area contributed by atoms with Gasteiger partial charge in [0.15, 0.2) is 0 Å². The van der Waals surface area contributed by atoms with E-state index in [4.69, 9.17) is 5.73 Å². The number of alkyl halides is 3. The van der Waals surface area contributed by atoms with E-state index in [0.29, 0.717) is 6.54 Å². The molecule has 19 heavy (non-hydrogen) atoms. The van der Waals surface area contributed by atoms with Gasteiger partial charge < -0.3 is 16.0 Å². The molecule has 0 saturated carbocycles. The zero-order valence-electron chi connectivity index (χ0n) is 11.2. The maximum absolute atomic E-state index is 12.8. The van der Waals surface area contributed by atoms with Gasteiger partial charge in [-0.3, -0.25) is 0 Å². The molecule has 108 valence electrons. The van der Waals surface area contributed by atoms with Crippen LogP contribution in [0.5, 0.6) is 0 Å². The average Bonchev–Trinajstić information content (AvgIpc) is 2.28. The lowest BCUT2D eigenvalue weighted by Gasteiger charge is -2.15. The van der Waals surface area contributed by atoms with Crippen LogP contribution in [0.3, 0.4) is 0 Å². The van der Waals surface area contributed by atoms with Gasteiger partial charge in [-0.2, -0.15) is 13.2 Å². The zero-order chi connectivity index (χ0) is 14.5. The highest BCUT2D eigenvalue weighted by molar-refractivity contribution is 5.59. The minimum atomic E-state index is -4.39. The molecule has 0 amide bonds. The lowest BCUT2D eigenvalue weighted by atomic mass is 10.1. The molecule has 3 N–H and O–H groups in total. The second-order valence-corrected chi connectivity index (χ2v) is 4.74.